The van der Waals surface area contributed by atoms with E-state index >= 15 is 0 Å². The van der Waals surface area contributed by atoms with Crippen molar-refractivity contribution in [1.82, 2.24) is 9.97 Å². The third-order valence-corrected chi connectivity index (χ3v) is 4.71. The summed E-state index contributed by atoms with van der Waals surface area (Å²) in [5, 5.41) is 3.67. The minimum atomic E-state index is 0.425. The van der Waals surface area contributed by atoms with E-state index in [9.17, 15) is 0 Å². The molecule has 26 heavy (non-hydrogen) atoms. The number of hydrogen-bond acceptors (Lipinski definition) is 7. The Morgan fingerprint density at radius 2 is 1.46 bits per heavy atom. The van der Waals surface area contributed by atoms with Crippen LogP contribution in [0.3, 0.4) is 0 Å². The van der Waals surface area contributed by atoms with Gasteiger partial charge in [-0.3, -0.25) is 0 Å². The van der Waals surface area contributed by atoms with Crippen LogP contribution in [0, 0.1) is 0 Å². The third-order valence-electron chi connectivity index (χ3n) is 4.52. The summed E-state index contributed by atoms with van der Waals surface area (Å²) in [5.41, 5.74) is 2.12. The Kier molecular flexibility index (Phi) is 5.38. The zero-order valence-corrected chi connectivity index (χ0v) is 15.3. The molecule has 8 heteroatoms. The molecular weight excluding hydrogens is 354 g/mol. The molecule has 0 bridgehead atoms. The van der Waals surface area contributed by atoms with Gasteiger partial charge in [0.25, 0.3) is 0 Å². The van der Waals surface area contributed by atoms with E-state index < -0.39 is 0 Å². The first-order chi connectivity index (χ1) is 12.8. The van der Waals surface area contributed by atoms with Crippen LogP contribution >= 0.6 is 11.6 Å². The molecule has 4 rings (SSSR count). The lowest BCUT2D eigenvalue weighted by Crippen LogP contribution is -2.36. The van der Waals surface area contributed by atoms with Crippen molar-refractivity contribution in [2.24, 2.45) is 0 Å². The van der Waals surface area contributed by atoms with Crippen LogP contribution in [-0.4, -0.2) is 62.6 Å². The van der Waals surface area contributed by atoms with Crippen LogP contribution in [0.1, 0.15) is 0 Å². The van der Waals surface area contributed by atoms with E-state index in [4.69, 9.17) is 21.1 Å². The van der Waals surface area contributed by atoms with E-state index in [0.29, 0.717) is 24.3 Å². The van der Waals surface area contributed by atoms with Gasteiger partial charge in [-0.25, -0.2) is 4.98 Å². The van der Waals surface area contributed by atoms with Gasteiger partial charge in [-0.2, -0.15) is 4.98 Å². The largest absolute Gasteiger partial charge is 0.378 e. The lowest BCUT2D eigenvalue weighted by Gasteiger charge is -2.29. The average molecular weight is 376 g/mol. The van der Waals surface area contributed by atoms with Gasteiger partial charge in [-0.1, -0.05) is 11.6 Å². The van der Waals surface area contributed by atoms with E-state index in [1.54, 1.807) is 6.07 Å². The molecule has 1 aromatic heterocycles. The van der Waals surface area contributed by atoms with Crippen LogP contribution < -0.4 is 15.1 Å². The highest BCUT2D eigenvalue weighted by atomic mass is 35.5. The highest BCUT2D eigenvalue weighted by Gasteiger charge is 2.15. The van der Waals surface area contributed by atoms with Crippen molar-refractivity contribution in [2.45, 2.75) is 0 Å². The Bertz CT molecular complexity index is 731. The van der Waals surface area contributed by atoms with Crippen molar-refractivity contribution in [3.8, 4) is 0 Å². The lowest BCUT2D eigenvalue weighted by atomic mass is 10.2. The Morgan fingerprint density at radius 1 is 0.846 bits per heavy atom. The molecular formula is C18H22ClN5O2. The molecule has 0 atom stereocenters. The van der Waals surface area contributed by atoms with Crippen molar-refractivity contribution < 1.29 is 9.47 Å². The van der Waals surface area contributed by atoms with Crippen LogP contribution in [0.25, 0.3) is 0 Å². The van der Waals surface area contributed by atoms with E-state index in [0.717, 1.165) is 50.9 Å². The fourth-order valence-corrected chi connectivity index (χ4v) is 3.30. The molecule has 1 aromatic carbocycles. The van der Waals surface area contributed by atoms with Gasteiger partial charge in [0.05, 0.1) is 26.4 Å². The minimum Gasteiger partial charge on any atom is -0.378 e. The smallest absolute Gasteiger partial charge is 0.230 e. The van der Waals surface area contributed by atoms with Gasteiger partial charge < -0.3 is 24.6 Å². The zero-order chi connectivity index (χ0) is 17.8. The van der Waals surface area contributed by atoms with Gasteiger partial charge in [-0.15, -0.1) is 0 Å². The quantitative estimate of drug-likeness (QED) is 0.824. The molecule has 1 N–H and O–H groups in total. The van der Waals surface area contributed by atoms with E-state index in [2.05, 4.69) is 37.2 Å². The fourth-order valence-electron chi connectivity index (χ4n) is 3.12. The first-order valence-electron chi connectivity index (χ1n) is 8.85. The number of aromatic nitrogens is 2. The van der Waals surface area contributed by atoms with Crippen molar-refractivity contribution in [3.63, 3.8) is 0 Å². The number of rotatable bonds is 4. The van der Waals surface area contributed by atoms with Crippen LogP contribution in [0.2, 0.25) is 5.15 Å². The highest BCUT2D eigenvalue weighted by molar-refractivity contribution is 6.29. The molecule has 0 saturated carbocycles. The van der Waals surface area contributed by atoms with Gasteiger partial charge >= 0.3 is 0 Å². The van der Waals surface area contributed by atoms with Gasteiger partial charge in [0.2, 0.25) is 5.95 Å². The summed E-state index contributed by atoms with van der Waals surface area (Å²) >= 11 is 6.19. The Hall–Kier alpha value is -2.09. The molecule has 138 valence electrons. The molecule has 2 aromatic rings. The highest BCUT2D eigenvalue weighted by Crippen LogP contribution is 2.24. The van der Waals surface area contributed by atoms with Gasteiger partial charge in [0.1, 0.15) is 11.0 Å². The number of ether oxygens (including phenoxy) is 2. The monoisotopic (exact) mass is 375 g/mol. The normalized spacial score (nSPS) is 18.0. The van der Waals surface area contributed by atoms with Gasteiger partial charge in [0, 0.05) is 43.6 Å². The fraction of sp³-hybridized carbons (Fsp3) is 0.444. The van der Waals surface area contributed by atoms with E-state index in [1.807, 2.05) is 12.1 Å². The first kappa shape index (κ1) is 17.3. The van der Waals surface area contributed by atoms with Crippen molar-refractivity contribution in [1.29, 1.82) is 0 Å². The maximum Gasteiger partial charge on any atom is 0.230 e. The minimum absolute atomic E-state index is 0.425. The number of morpholine rings is 2. The average Bonchev–Trinajstić information content (AvgIpc) is 2.69. The summed E-state index contributed by atoms with van der Waals surface area (Å²) in [6.45, 7) is 6.42. The molecule has 2 saturated heterocycles. The molecule has 2 aliphatic heterocycles. The molecule has 0 unspecified atom stereocenters. The molecule has 0 radical (unpaired) electrons. The molecule has 0 amide bonds. The Morgan fingerprint density at radius 3 is 2.12 bits per heavy atom. The summed E-state index contributed by atoms with van der Waals surface area (Å²) in [6.07, 6.45) is 0. The maximum atomic E-state index is 6.19. The predicted octanol–water partition coefficient (Wildman–Crippen LogP) is 2.55. The van der Waals surface area contributed by atoms with Crippen LogP contribution in [0.4, 0.5) is 23.1 Å². The molecule has 3 heterocycles. The molecule has 2 aliphatic rings. The zero-order valence-electron chi connectivity index (χ0n) is 14.5. The number of halogens is 1. The summed E-state index contributed by atoms with van der Waals surface area (Å²) in [6, 6.07) is 10.1. The molecule has 2 fully saturated rings. The lowest BCUT2D eigenvalue weighted by molar-refractivity contribution is 0.122. The summed E-state index contributed by atoms with van der Waals surface area (Å²) in [4.78, 5) is 13.4. The van der Waals surface area contributed by atoms with Gasteiger partial charge in [-0.05, 0) is 24.3 Å². The Balaban J connectivity index is 1.47. The first-order valence-corrected chi connectivity index (χ1v) is 9.23. The third kappa shape index (κ3) is 4.17. The number of nitrogens with zero attached hydrogens (tertiary/aromatic N) is 4. The molecule has 0 aliphatic carbocycles. The SMILES string of the molecule is Clc1cc(N2CCOCC2)nc(Nc2ccc(N3CCOCC3)cc2)n1. The standard InChI is InChI=1S/C18H22ClN5O2/c19-16-13-17(24-7-11-26-12-8-24)22-18(21-16)20-14-1-3-15(4-2-14)23-5-9-25-10-6-23/h1-4,13H,5-12H2,(H,20,21,22). The van der Waals surface area contributed by atoms with E-state index in [-0.39, 0.29) is 0 Å². The second-order valence-corrected chi connectivity index (χ2v) is 6.63. The van der Waals surface area contributed by atoms with E-state index in [1.165, 1.54) is 5.69 Å². The number of hydrogen-bond donors (Lipinski definition) is 1. The van der Waals surface area contributed by atoms with Gasteiger partial charge in [0.15, 0.2) is 0 Å². The summed E-state index contributed by atoms with van der Waals surface area (Å²) < 4.78 is 10.8. The summed E-state index contributed by atoms with van der Waals surface area (Å²) in [5.74, 6) is 1.32. The van der Waals surface area contributed by atoms with Crippen molar-refractivity contribution >= 4 is 34.7 Å². The number of benzene rings is 1. The number of nitrogens with one attached hydrogen (secondary N) is 1. The second-order valence-electron chi connectivity index (χ2n) is 6.24. The second kappa shape index (κ2) is 8.07. The predicted molar refractivity (Wildman–Crippen MR) is 103 cm³/mol. The maximum absolute atomic E-state index is 6.19. The number of anilines is 4. The van der Waals surface area contributed by atoms with Crippen molar-refractivity contribution in [2.75, 3.05) is 67.7 Å². The molecule has 7 nitrogen and oxygen atoms in total. The van der Waals surface area contributed by atoms with Crippen molar-refractivity contribution in [3.05, 3.63) is 35.5 Å². The summed E-state index contributed by atoms with van der Waals surface area (Å²) in [7, 11) is 0. The Labute approximate surface area is 157 Å². The molecule has 0 spiro atoms. The van der Waals surface area contributed by atoms with Crippen LogP contribution in [-0.2, 0) is 9.47 Å². The topological polar surface area (TPSA) is 62.8 Å². The van der Waals surface area contributed by atoms with Crippen LogP contribution in [0.5, 0.6) is 0 Å². The van der Waals surface area contributed by atoms with Crippen LogP contribution in [0.15, 0.2) is 30.3 Å².